The molecule has 1 atom stereocenters. The monoisotopic (exact) mass is 645 g/mol. The van der Waals surface area contributed by atoms with Crippen molar-refractivity contribution in [2.24, 2.45) is 11.5 Å². The van der Waals surface area contributed by atoms with Crippen LogP contribution in [-0.2, 0) is 51.2 Å². The van der Waals surface area contributed by atoms with Crippen molar-refractivity contribution >= 4 is 45.8 Å². The summed E-state index contributed by atoms with van der Waals surface area (Å²) in [5.41, 5.74) is 9.97. The van der Waals surface area contributed by atoms with Gasteiger partial charge in [-0.15, -0.1) is 0 Å². The van der Waals surface area contributed by atoms with Gasteiger partial charge in [0.15, 0.2) is 17.8 Å². The van der Waals surface area contributed by atoms with Crippen LogP contribution in [0.5, 0.6) is 5.75 Å². The summed E-state index contributed by atoms with van der Waals surface area (Å²) < 4.78 is 70.3. The molecule has 0 fully saturated rings. The lowest BCUT2D eigenvalue weighted by molar-refractivity contribution is -0.288. The Hall–Kier alpha value is -4.71. The number of nitrogens with zero attached hydrogens (tertiary/aromatic N) is 1. The van der Waals surface area contributed by atoms with Crippen LogP contribution in [0.1, 0.15) is 29.5 Å². The van der Waals surface area contributed by atoms with Gasteiger partial charge in [-0.2, -0.15) is 13.2 Å². The smallest absolute Gasteiger partial charge is 0.494 e. The largest absolute Gasteiger partial charge is 0.495 e. The summed E-state index contributed by atoms with van der Waals surface area (Å²) in [6.07, 6.45) is -6.96. The quantitative estimate of drug-likeness (QED) is 0.0610. The normalized spacial score (nSPS) is 12.8. The van der Waals surface area contributed by atoms with E-state index in [0.29, 0.717) is 11.1 Å². The molecule has 0 aliphatic carbocycles. The molecular weight excluding hydrogens is 615 g/mol. The molecule has 0 bridgehead atoms. The maximum absolute atomic E-state index is 13.2. The molecule has 0 aromatic heterocycles. The Labute approximate surface area is 249 Å². The summed E-state index contributed by atoms with van der Waals surface area (Å²) in [4.78, 5) is 55.3. The van der Waals surface area contributed by atoms with E-state index < -0.39 is 58.4 Å². The number of aldehydes is 1. The number of carbonyl (C=O) groups excluding carboxylic acids is 4. The Morgan fingerprint density at radius 1 is 1.07 bits per heavy atom. The van der Waals surface area contributed by atoms with E-state index >= 15 is 0 Å². The van der Waals surface area contributed by atoms with Crippen molar-refractivity contribution < 1.29 is 55.3 Å². The van der Waals surface area contributed by atoms with Crippen LogP contribution in [0, 0.1) is 12.3 Å². The van der Waals surface area contributed by atoms with Crippen LogP contribution < -0.4 is 20.9 Å². The van der Waals surface area contributed by atoms with Gasteiger partial charge in [0.2, 0.25) is 15.9 Å². The molecule has 1 amide bonds. The van der Waals surface area contributed by atoms with Gasteiger partial charge >= 0.3 is 18.1 Å². The second-order valence-corrected chi connectivity index (χ2v) is 11.1. The molecule has 0 heterocycles. The lowest BCUT2D eigenvalue weighted by atomic mass is 9.96. The van der Waals surface area contributed by atoms with E-state index in [1.54, 1.807) is 43.3 Å². The highest BCUT2D eigenvalue weighted by Gasteiger charge is 2.45. The number of methoxy groups -OCH3 is 1. The van der Waals surface area contributed by atoms with Crippen LogP contribution in [0.25, 0.3) is 0 Å². The molecule has 0 spiro atoms. The number of anilines is 1. The predicted molar refractivity (Wildman–Crippen MR) is 148 cm³/mol. The highest BCUT2D eigenvalue weighted by Crippen LogP contribution is 2.33. The van der Waals surface area contributed by atoms with Crippen LogP contribution in [0.3, 0.4) is 0 Å². The molecule has 0 aliphatic rings. The highest BCUT2D eigenvalue weighted by molar-refractivity contribution is 7.91. The number of sulfonamides is 1. The Morgan fingerprint density at radius 3 is 2.23 bits per heavy atom. The van der Waals surface area contributed by atoms with Crippen molar-refractivity contribution in [3.8, 4) is 5.75 Å². The van der Waals surface area contributed by atoms with Gasteiger partial charge in [0.05, 0.1) is 25.0 Å². The third kappa shape index (κ3) is 9.66. The van der Waals surface area contributed by atoms with Gasteiger partial charge in [-0.05, 0) is 37.0 Å². The molecule has 18 heteroatoms. The predicted octanol–water partition coefficient (Wildman–Crippen LogP) is 1.45. The molecule has 0 aliphatic heterocycles. The lowest BCUT2D eigenvalue weighted by Gasteiger charge is -2.24. The number of amides is 1. The maximum Gasteiger partial charge on any atom is 0.495 e. The highest BCUT2D eigenvalue weighted by atomic mass is 32.2. The van der Waals surface area contributed by atoms with Crippen LogP contribution in [0.4, 0.5) is 18.9 Å². The Kier molecular flexibility index (Phi) is 11.8. The van der Waals surface area contributed by atoms with Crippen molar-refractivity contribution in [2.45, 2.75) is 43.7 Å². The lowest BCUT2D eigenvalue weighted by Crippen LogP contribution is -2.52. The number of nitrogens with two attached hydrogens (primary N) is 2. The van der Waals surface area contributed by atoms with Gasteiger partial charge in [0.25, 0.3) is 0 Å². The molecule has 6 N–H and O–H groups in total. The molecule has 2 aromatic rings. The first-order valence-electron chi connectivity index (χ1n) is 12.5. The van der Waals surface area contributed by atoms with Gasteiger partial charge in [0, 0.05) is 12.1 Å². The molecule has 14 nitrogen and oxygen atoms in total. The Bertz CT molecular complexity index is 1500. The van der Waals surface area contributed by atoms with E-state index in [1.807, 2.05) is 0 Å². The number of guanidine groups is 1. The van der Waals surface area contributed by atoms with E-state index in [0.717, 1.165) is 4.90 Å². The van der Waals surface area contributed by atoms with E-state index in [1.165, 1.54) is 13.2 Å². The van der Waals surface area contributed by atoms with Gasteiger partial charge in [-0.25, -0.2) is 27.8 Å². The molecule has 0 saturated heterocycles. The second-order valence-electron chi connectivity index (χ2n) is 9.40. The van der Waals surface area contributed by atoms with E-state index in [-0.39, 0.29) is 42.0 Å². The van der Waals surface area contributed by atoms with Gasteiger partial charge in [-0.1, -0.05) is 36.4 Å². The molecular formula is C26H30F3N5O9S. The fourth-order valence-corrected chi connectivity index (χ4v) is 5.02. The first-order chi connectivity index (χ1) is 20.4. The second kappa shape index (κ2) is 14.6. The fraction of sp³-hybridized carbons (Fsp3) is 0.346. The summed E-state index contributed by atoms with van der Waals surface area (Å²) in [6.45, 7) is 1.25. The molecule has 44 heavy (non-hydrogen) atoms. The number of alkyl halides is 3. The van der Waals surface area contributed by atoms with Crippen LogP contribution in [0.15, 0.2) is 42.5 Å². The zero-order valence-electron chi connectivity index (χ0n) is 23.5. The average molecular weight is 646 g/mol. The van der Waals surface area contributed by atoms with Gasteiger partial charge in [0.1, 0.15) is 5.75 Å². The van der Waals surface area contributed by atoms with Crippen LogP contribution in [0.2, 0.25) is 0 Å². The number of hydrogen-bond acceptors (Lipinski definition) is 11. The first kappa shape index (κ1) is 35.5. The standard InChI is InChI=1S/C26H30F3N5O9S/c1-16-9-10-19(33-44(39,40)14-17-7-4-3-5-8-17)21(41-2)18(16)13-20(36)34(24(30)31)12-6-11-25(32,15-35)22(37)42-43-23(38)26(27,28)29/h3-5,7-10,15,33H,6,11-14,32H2,1-2H3,(H3,30,31)/t25-/m1/s1. The van der Waals surface area contributed by atoms with Crippen molar-refractivity contribution in [3.05, 3.63) is 59.2 Å². The summed E-state index contributed by atoms with van der Waals surface area (Å²) in [7, 11) is -2.63. The Balaban J connectivity index is 2.16. The number of hydrogen-bond donors (Lipinski definition) is 4. The van der Waals surface area contributed by atoms with Crippen molar-refractivity contribution in [1.29, 1.82) is 5.41 Å². The number of benzene rings is 2. The van der Waals surface area contributed by atoms with Gasteiger partial charge < -0.3 is 21.0 Å². The van der Waals surface area contributed by atoms with E-state index in [4.69, 9.17) is 21.6 Å². The third-order valence-corrected chi connectivity index (χ3v) is 7.31. The van der Waals surface area contributed by atoms with Crippen molar-refractivity contribution in [3.63, 3.8) is 0 Å². The molecule has 2 rings (SSSR count). The zero-order chi connectivity index (χ0) is 33.3. The summed E-state index contributed by atoms with van der Waals surface area (Å²) in [6, 6.07) is 11.4. The zero-order valence-corrected chi connectivity index (χ0v) is 24.3. The number of ether oxygens (including phenoxy) is 1. The van der Waals surface area contributed by atoms with Gasteiger partial charge in [-0.3, -0.25) is 19.8 Å². The number of aryl methyl sites for hydroxylation is 1. The Morgan fingerprint density at radius 2 is 1.68 bits per heavy atom. The fourth-order valence-electron chi connectivity index (χ4n) is 3.82. The van der Waals surface area contributed by atoms with Crippen molar-refractivity contribution in [2.75, 3.05) is 18.4 Å². The number of halogens is 3. The first-order valence-corrected chi connectivity index (χ1v) is 14.2. The average Bonchev–Trinajstić information content (AvgIpc) is 2.94. The minimum Gasteiger partial charge on any atom is -0.494 e. The number of carbonyl (C=O) groups is 4. The SMILES string of the molecule is COc1c(NS(=O)(=O)Cc2ccccc2)ccc(C)c1CC(=O)N(CCC[C@@](N)(C=O)C(=O)OOC(=O)C(F)(F)F)C(=N)N. The van der Waals surface area contributed by atoms with E-state index in [2.05, 4.69) is 14.5 Å². The minimum absolute atomic E-state index is 0.0385. The molecule has 2 aromatic carbocycles. The summed E-state index contributed by atoms with van der Waals surface area (Å²) in [5.74, 6) is -6.46. The molecule has 240 valence electrons. The molecule has 0 unspecified atom stereocenters. The number of rotatable bonds is 13. The van der Waals surface area contributed by atoms with Crippen LogP contribution in [-0.4, -0.2) is 68.8 Å². The minimum atomic E-state index is -5.48. The van der Waals surface area contributed by atoms with Crippen LogP contribution >= 0.6 is 0 Å². The summed E-state index contributed by atoms with van der Waals surface area (Å²) >= 11 is 0. The molecule has 0 radical (unpaired) electrons. The maximum atomic E-state index is 13.2. The molecule has 0 saturated carbocycles. The van der Waals surface area contributed by atoms with E-state index in [9.17, 15) is 40.8 Å². The topological polar surface area (TPSA) is 221 Å². The number of nitrogens with one attached hydrogen (secondary N) is 2. The van der Waals surface area contributed by atoms with Crippen molar-refractivity contribution in [1.82, 2.24) is 4.90 Å². The third-order valence-electron chi connectivity index (χ3n) is 6.07. The summed E-state index contributed by atoms with van der Waals surface area (Å²) in [5, 5.41) is 7.81.